The highest BCUT2D eigenvalue weighted by molar-refractivity contribution is 5.95. The molecule has 2 aromatic heterocycles. The number of nitrogens with zero attached hydrogens (tertiary/aromatic N) is 3. The molecule has 0 radical (unpaired) electrons. The number of carbonyl (C=O) groups excluding carboxylic acids is 1. The fourth-order valence-electron chi connectivity index (χ4n) is 4.32. The first-order chi connectivity index (χ1) is 16.8. The van der Waals surface area contributed by atoms with Crippen molar-refractivity contribution in [2.75, 3.05) is 11.9 Å². The minimum Gasteiger partial charge on any atom is -0.309 e. The van der Waals surface area contributed by atoms with Gasteiger partial charge in [-0.2, -0.15) is 5.10 Å². The monoisotopic (exact) mass is 467 g/mol. The summed E-state index contributed by atoms with van der Waals surface area (Å²) in [6.07, 6.45) is 1.79. The Morgan fingerprint density at radius 1 is 0.943 bits per heavy atom. The molecule has 0 bridgehead atoms. The van der Waals surface area contributed by atoms with Crippen LogP contribution in [-0.2, 0) is 11.8 Å². The van der Waals surface area contributed by atoms with Crippen molar-refractivity contribution in [3.8, 4) is 11.1 Å². The fraction of sp³-hybridized carbons (Fsp3) is 0.276. The van der Waals surface area contributed by atoms with Crippen LogP contribution in [-0.4, -0.2) is 27.2 Å². The largest absolute Gasteiger partial charge is 0.309 e. The van der Waals surface area contributed by atoms with E-state index in [1.54, 1.807) is 6.20 Å². The lowest BCUT2D eigenvalue weighted by Crippen LogP contribution is -2.35. The van der Waals surface area contributed by atoms with Crippen LogP contribution in [0.3, 0.4) is 0 Å². The Kier molecular flexibility index (Phi) is 7.42. The van der Waals surface area contributed by atoms with Gasteiger partial charge in [0.1, 0.15) is 11.9 Å². The molecule has 1 amide bonds. The summed E-state index contributed by atoms with van der Waals surface area (Å²) in [5.41, 5.74) is 7.50. The topological polar surface area (TPSA) is 71.8 Å². The van der Waals surface area contributed by atoms with Crippen LogP contribution < -0.4 is 10.6 Å². The fourth-order valence-corrected chi connectivity index (χ4v) is 4.32. The summed E-state index contributed by atoms with van der Waals surface area (Å²) in [5.74, 6) is 0.645. The van der Waals surface area contributed by atoms with Gasteiger partial charge >= 0.3 is 0 Å². The predicted molar refractivity (Wildman–Crippen MR) is 141 cm³/mol. The van der Waals surface area contributed by atoms with E-state index in [1.165, 1.54) is 11.1 Å². The van der Waals surface area contributed by atoms with E-state index >= 15 is 0 Å². The Labute approximate surface area is 207 Å². The molecule has 4 rings (SSSR count). The van der Waals surface area contributed by atoms with Crippen molar-refractivity contribution in [3.63, 3.8) is 0 Å². The maximum absolute atomic E-state index is 13.3. The molecule has 2 N–H and O–H groups in total. The average Bonchev–Trinajstić information content (AvgIpc) is 3.11. The number of benzene rings is 2. The first-order valence-electron chi connectivity index (χ1n) is 12.0. The minimum atomic E-state index is -0.492. The van der Waals surface area contributed by atoms with Crippen molar-refractivity contribution in [2.24, 2.45) is 7.05 Å². The minimum absolute atomic E-state index is 0.138. The number of amides is 1. The molecule has 180 valence electrons. The number of hydrogen-bond acceptors (Lipinski definition) is 4. The van der Waals surface area contributed by atoms with Gasteiger partial charge < -0.3 is 10.6 Å². The summed E-state index contributed by atoms with van der Waals surface area (Å²) < 4.78 is 1.87. The van der Waals surface area contributed by atoms with Gasteiger partial charge in [0.15, 0.2) is 0 Å². The van der Waals surface area contributed by atoms with Crippen molar-refractivity contribution < 1.29 is 4.79 Å². The van der Waals surface area contributed by atoms with Gasteiger partial charge in [0.2, 0.25) is 5.91 Å². The standard InChI is InChI=1S/C29H33N5O/c1-19-11-13-23(14-12-19)20(2)17-31-28(24-9-7-6-8-10-24)29(35)32-26-16-15-25(18-30-26)27-21(3)33-34(5)22(27)4/h6-16,18,20,28,31H,17H2,1-5H3,(H,30,32,35)/t20?,28-/m0/s1. The Morgan fingerprint density at radius 3 is 2.26 bits per heavy atom. The molecule has 4 aromatic rings. The van der Waals surface area contributed by atoms with Gasteiger partial charge in [-0.05, 0) is 49.9 Å². The van der Waals surface area contributed by atoms with E-state index in [0.717, 1.165) is 28.1 Å². The summed E-state index contributed by atoms with van der Waals surface area (Å²) in [6, 6.07) is 21.7. The number of aryl methyl sites for hydroxylation is 3. The van der Waals surface area contributed by atoms with Crippen molar-refractivity contribution in [3.05, 3.63) is 101 Å². The molecule has 2 heterocycles. The zero-order chi connectivity index (χ0) is 24.9. The van der Waals surface area contributed by atoms with Gasteiger partial charge in [0.05, 0.1) is 5.69 Å². The van der Waals surface area contributed by atoms with Crippen molar-refractivity contribution >= 4 is 11.7 Å². The predicted octanol–water partition coefficient (Wildman–Crippen LogP) is 5.48. The summed E-state index contributed by atoms with van der Waals surface area (Å²) >= 11 is 0. The molecule has 0 spiro atoms. The van der Waals surface area contributed by atoms with Gasteiger partial charge in [-0.3, -0.25) is 9.48 Å². The number of hydrogen-bond donors (Lipinski definition) is 2. The summed E-state index contributed by atoms with van der Waals surface area (Å²) in [5, 5.41) is 11.0. The highest BCUT2D eigenvalue weighted by atomic mass is 16.2. The Hall–Kier alpha value is -3.77. The third-order valence-electron chi connectivity index (χ3n) is 6.48. The number of pyridine rings is 1. The molecule has 35 heavy (non-hydrogen) atoms. The average molecular weight is 468 g/mol. The van der Waals surface area contributed by atoms with Crippen LogP contribution in [0.2, 0.25) is 0 Å². The first-order valence-corrected chi connectivity index (χ1v) is 12.0. The third-order valence-corrected chi connectivity index (χ3v) is 6.48. The van der Waals surface area contributed by atoms with Crippen LogP contribution in [0.5, 0.6) is 0 Å². The zero-order valence-electron chi connectivity index (χ0n) is 21.0. The number of anilines is 1. The molecule has 6 heteroatoms. The van der Waals surface area contributed by atoms with Crippen molar-refractivity contribution in [2.45, 2.75) is 39.7 Å². The van der Waals surface area contributed by atoms with E-state index in [9.17, 15) is 4.79 Å². The van der Waals surface area contributed by atoms with Gasteiger partial charge in [-0.15, -0.1) is 0 Å². The summed E-state index contributed by atoms with van der Waals surface area (Å²) in [7, 11) is 1.93. The summed E-state index contributed by atoms with van der Waals surface area (Å²) in [4.78, 5) is 17.9. The smallest absolute Gasteiger partial charge is 0.247 e. The van der Waals surface area contributed by atoms with Crippen LogP contribution in [0.25, 0.3) is 11.1 Å². The SMILES string of the molecule is Cc1ccc(C(C)CN[C@H](C(=O)Nc2ccc(-c3c(C)nn(C)c3C)cn2)c2ccccc2)cc1. The summed E-state index contributed by atoms with van der Waals surface area (Å²) in [6.45, 7) is 8.95. The van der Waals surface area contributed by atoms with Gasteiger partial charge in [-0.1, -0.05) is 67.1 Å². The molecular formula is C29H33N5O. The molecule has 1 unspecified atom stereocenters. The van der Waals surface area contributed by atoms with E-state index in [1.807, 2.05) is 68.0 Å². The molecule has 0 aliphatic carbocycles. The second-order valence-corrected chi connectivity index (χ2v) is 9.15. The number of rotatable bonds is 8. The van der Waals surface area contributed by atoms with Crippen LogP contribution in [0.1, 0.15) is 47.0 Å². The lowest BCUT2D eigenvalue weighted by molar-refractivity contribution is -0.118. The quantitative estimate of drug-likeness (QED) is 0.360. The molecule has 0 fully saturated rings. The maximum atomic E-state index is 13.3. The van der Waals surface area contributed by atoms with E-state index < -0.39 is 6.04 Å². The number of nitrogens with one attached hydrogen (secondary N) is 2. The molecule has 0 saturated heterocycles. The molecule has 2 atom stereocenters. The second kappa shape index (κ2) is 10.7. The van der Waals surface area contributed by atoms with Crippen LogP contribution in [0, 0.1) is 20.8 Å². The lowest BCUT2D eigenvalue weighted by Gasteiger charge is -2.21. The van der Waals surface area contributed by atoms with Gasteiger partial charge in [-0.25, -0.2) is 4.98 Å². The van der Waals surface area contributed by atoms with E-state index in [-0.39, 0.29) is 11.8 Å². The van der Waals surface area contributed by atoms with Crippen molar-refractivity contribution in [1.29, 1.82) is 0 Å². The zero-order valence-corrected chi connectivity index (χ0v) is 21.0. The molecule has 2 aromatic carbocycles. The lowest BCUT2D eigenvalue weighted by atomic mass is 9.98. The maximum Gasteiger partial charge on any atom is 0.247 e. The normalized spacial score (nSPS) is 12.8. The Morgan fingerprint density at radius 2 is 1.66 bits per heavy atom. The first kappa shape index (κ1) is 24.4. The van der Waals surface area contributed by atoms with Gasteiger partial charge in [0, 0.05) is 36.6 Å². The Balaban J connectivity index is 1.49. The number of carbonyl (C=O) groups is 1. The molecule has 0 saturated carbocycles. The molecule has 0 aliphatic rings. The molecule has 0 aliphatic heterocycles. The Bertz CT molecular complexity index is 1280. The van der Waals surface area contributed by atoms with E-state index in [4.69, 9.17) is 0 Å². The molecule has 6 nitrogen and oxygen atoms in total. The second-order valence-electron chi connectivity index (χ2n) is 9.15. The van der Waals surface area contributed by atoms with Gasteiger partial charge in [0.25, 0.3) is 0 Å². The highest BCUT2D eigenvalue weighted by Crippen LogP contribution is 2.27. The van der Waals surface area contributed by atoms with E-state index in [2.05, 4.69) is 58.8 Å². The number of aromatic nitrogens is 3. The van der Waals surface area contributed by atoms with Crippen molar-refractivity contribution in [1.82, 2.24) is 20.1 Å². The third kappa shape index (κ3) is 5.66. The van der Waals surface area contributed by atoms with E-state index in [0.29, 0.717) is 12.4 Å². The highest BCUT2D eigenvalue weighted by Gasteiger charge is 2.22. The molecular weight excluding hydrogens is 434 g/mol. The van der Waals surface area contributed by atoms with Crippen LogP contribution >= 0.6 is 0 Å². The van der Waals surface area contributed by atoms with Crippen LogP contribution in [0.4, 0.5) is 5.82 Å². The van der Waals surface area contributed by atoms with Crippen LogP contribution in [0.15, 0.2) is 72.9 Å².